The minimum Gasteiger partial charge on any atom is -0.395 e. The number of nitrogens with zero attached hydrogens (tertiary/aromatic N) is 2. The number of aliphatic hydroxyl groups is 1. The Morgan fingerprint density at radius 1 is 1.35 bits per heavy atom. The fraction of sp³-hybridized carbons (Fsp3) is 0.818. The van der Waals surface area contributed by atoms with Gasteiger partial charge in [0, 0.05) is 22.5 Å². The molecule has 1 aromatic rings. The van der Waals surface area contributed by atoms with Crippen LogP contribution in [0.3, 0.4) is 0 Å². The molecule has 1 saturated carbocycles. The molecule has 1 aliphatic rings. The first kappa shape index (κ1) is 12.7. The monoisotopic (exact) mass is 258 g/mol. The Labute approximate surface area is 103 Å². The van der Waals surface area contributed by atoms with E-state index in [1.165, 1.54) is 19.3 Å². The smallest absolute Gasteiger partial charge is 0.229 e. The van der Waals surface area contributed by atoms with Crippen molar-refractivity contribution in [3.63, 3.8) is 0 Å². The van der Waals surface area contributed by atoms with Crippen LogP contribution in [0, 0.1) is 0 Å². The SMILES string of the molecule is O=S(CCO)Cc1noc(C2CCCCC2)n1. The molecule has 1 atom stereocenters. The molecule has 0 radical (unpaired) electrons. The van der Waals surface area contributed by atoms with Gasteiger partial charge in [-0.3, -0.25) is 4.21 Å². The lowest BCUT2D eigenvalue weighted by Crippen LogP contribution is -2.07. The maximum Gasteiger partial charge on any atom is 0.229 e. The second kappa shape index (κ2) is 6.26. The van der Waals surface area contributed by atoms with E-state index in [1.807, 2.05) is 0 Å². The van der Waals surface area contributed by atoms with E-state index < -0.39 is 10.8 Å². The molecule has 1 heterocycles. The Bertz CT molecular complexity index is 375. The molecule has 0 saturated heterocycles. The largest absolute Gasteiger partial charge is 0.395 e. The van der Waals surface area contributed by atoms with Crippen LogP contribution in [0.15, 0.2) is 4.52 Å². The summed E-state index contributed by atoms with van der Waals surface area (Å²) in [4.78, 5) is 4.30. The number of hydrogen-bond donors (Lipinski definition) is 1. The van der Waals surface area contributed by atoms with Gasteiger partial charge in [0.05, 0.1) is 12.4 Å². The summed E-state index contributed by atoms with van der Waals surface area (Å²) in [5.41, 5.74) is 0. The van der Waals surface area contributed by atoms with Crippen LogP contribution in [0.25, 0.3) is 0 Å². The summed E-state index contributed by atoms with van der Waals surface area (Å²) in [6.07, 6.45) is 5.96. The molecule has 17 heavy (non-hydrogen) atoms. The first-order chi connectivity index (χ1) is 8.29. The molecule has 0 amide bonds. The van der Waals surface area contributed by atoms with E-state index in [2.05, 4.69) is 10.1 Å². The van der Waals surface area contributed by atoms with E-state index in [0.717, 1.165) is 12.8 Å². The molecule has 2 rings (SSSR count). The number of aromatic nitrogens is 2. The van der Waals surface area contributed by atoms with E-state index in [1.54, 1.807) is 0 Å². The highest BCUT2D eigenvalue weighted by atomic mass is 32.2. The molecule has 96 valence electrons. The highest BCUT2D eigenvalue weighted by Crippen LogP contribution is 2.31. The third-order valence-corrected chi connectivity index (χ3v) is 4.27. The predicted octanol–water partition coefficient (Wildman–Crippen LogP) is 1.36. The highest BCUT2D eigenvalue weighted by molar-refractivity contribution is 7.84. The zero-order valence-corrected chi connectivity index (χ0v) is 10.6. The van der Waals surface area contributed by atoms with Crippen molar-refractivity contribution >= 4 is 10.8 Å². The summed E-state index contributed by atoms with van der Waals surface area (Å²) < 4.78 is 16.7. The van der Waals surface area contributed by atoms with E-state index >= 15 is 0 Å². The van der Waals surface area contributed by atoms with Crippen molar-refractivity contribution in [1.29, 1.82) is 0 Å². The summed E-state index contributed by atoms with van der Waals surface area (Å²) in [5.74, 6) is 2.12. The van der Waals surface area contributed by atoms with Gasteiger partial charge in [-0.2, -0.15) is 4.98 Å². The van der Waals surface area contributed by atoms with Gasteiger partial charge in [0.1, 0.15) is 0 Å². The maximum absolute atomic E-state index is 11.4. The topological polar surface area (TPSA) is 76.2 Å². The molecule has 0 aliphatic heterocycles. The highest BCUT2D eigenvalue weighted by Gasteiger charge is 2.21. The van der Waals surface area contributed by atoms with Crippen LogP contribution in [0.5, 0.6) is 0 Å². The lowest BCUT2D eigenvalue weighted by Gasteiger charge is -2.17. The summed E-state index contributed by atoms with van der Waals surface area (Å²) in [6.45, 7) is -0.0695. The van der Waals surface area contributed by atoms with Crippen LogP contribution in [0.1, 0.15) is 49.7 Å². The molecular weight excluding hydrogens is 240 g/mol. The van der Waals surface area contributed by atoms with E-state index in [-0.39, 0.29) is 18.1 Å². The predicted molar refractivity (Wildman–Crippen MR) is 63.9 cm³/mol. The lowest BCUT2D eigenvalue weighted by atomic mass is 9.89. The van der Waals surface area contributed by atoms with Gasteiger partial charge < -0.3 is 9.63 Å². The van der Waals surface area contributed by atoms with E-state index in [4.69, 9.17) is 9.63 Å². The Morgan fingerprint density at radius 3 is 2.82 bits per heavy atom. The number of rotatable bonds is 5. The van der Waals surface area contributed by atoms with E-state index in [0.29, 0.717) is 17.6 Å². The molecule has 0 aromatic carbocycles. The van der Waals surface area contributed by atoms with Crippen LogP contribution in [-0.4, -0.2) is 31.8 Å². The Hall–Kier alpha value is -0.750. The van der Waals surface area contributed by atoms with Crippen molar-refractivity contribution in [2.45, 2.75) is 43.8 Å². The molecule has 0 bridgehead atoms. The Morgan fingerprint density at radius 2 is 2.12 bits per heavy atom. The standard InChI is InChI=1S/C11H18N2O3S/c14-6-7-17(15)8-10-12-11(16-13-10)9-4-2-1-3-5-9/h9,14H,1-8H2. The van der Waals surface area contributed by atoms with Crippen LogP contribution >= 0.6 is 0 Å². The summed E-state index contributed by atoms with van der Waals surface area (Å²) in [5, 5.41) is 12.5. The minimum atomic E-state index is -1.10. The second-order valence-corrected chi connectivity index (χ2v) is 5.97. The fourth-order valence-electron chi connectivity index (χ4n) is 2.16. The van der Waals surface area contributed by atoms with Crippen LogP contribution in [0.2, 0.25) is 0 Å². The van der Waals surface area contributed by atoms with Crippen LogP contribution in [-0.2, 0) is 16.6 Å². The van der Waals surface area contributed by atoms with Crippen molar-refractivity contribution < 1.29 is 13.8 Å². The van der Waals surface area contributed by atoms with Gasteiger partial charge >= 0.3 is 0 Å². The van der Waals surface area contributed by atoms with E-state index in [9.17, 15) is 4.21 Å². The molecule has 6 heteroatoms. The van der Waals surface area contributed by atoms with Gasteiger partial charge in [0.2, 0.25) is 5.89 Å². The van der Waals surface area contributed by atoms with Gasteiger partial charge in [-0.05, 0) is 12.8 Å². The van der Waals surface area contributed by atoms with Crippen LogP contribution in [0.4, 0.5) is 0 Å². The molecular formula is C11H18N2O3S. The van der Waals surface area contributed by atoms with Gasteiger partial charge in [-0.15, -0.1) is 0 Å². The van der Waals surface area contributed by atoms with Crippen molar-refractivity contribution in [2.24, 2.45) is 0 Å². The molecule has 5 nitrogen and oxygen atoms in total. The molecule has 1 fully saturated rings. The van der Waals surface area contributed by atoms with Crippen molar-refractivity contribution in [1.82, 2.24) is 10.1 Å². The van der Waals surface area contributed by atoms with Gasteiger partial charge in [0.15, 0.2) is 5.82 Å². The zero-order chi connectivity index (χ0) is 12.1. The third kappa shape index (κ3) is 3.61. The average Bonchev–Trinajstić information content (AvgIpc) is 2.79. The molecule has 1 N–H and O–H groups in total. The normalized spacial score (nSPS) is 19.4. The second-order valence-electron chi connectivity index (χ2n) is 4.40. The summed E-state index contributed by atoms with van der Waals surface area (Å²) in [7, 11) is -1.10. The Balaban J connectivity index is 1.93. The van der Waals surface area contributed by atoms with Gasteiger partial charge in [0.25, 0.3) is 0 Å². The quantitative estimate of drug-likeness (QED) is 0.863. The molecule has 1 unspecified atom stereocenters. The number of hydrogen-bond acceptors (Lipinski definition) is 5. The number of aliphatic hydroxyl groups excluding tert-OH is 1. The first-order valence-electron chi connectivity index (χ1n) is 6.08. The zero-order valence-electron chi connectivity index (χ0n) is 9.80. The van der Waals surface area contributed by atoms with Crippen molar-refractivity contribution in [2.75, 3.05) is 12.4 Å². The minimum absolute atomic E-state index is 0.0695. The van der Waals surface area contributed by atoms with Gasteiger partial charge in [-0.1, -0.05) is 24.4 Å². The molecule has 0 spiro atoms. The van der Waals surface area contributed by atoms with Gasteiger partial charge in [-0.25, -0.2) is 0 Å². The van der Waals surface area contributed by atoms with Crippen molar-refractivity contribution in [3.05, 3.63) is 11.7 Å². The summed E-state index contributed by atoms with van der Waals surface area (Å²) >= 11 is 0. The molecule has 1 aliphatic carbocycles. The Kier molecular flexibility index (Phi) is 4.67. The first-order valence-corrected chi connectivity index (χ1v) is 7.56. The maximum atomic E-state index is 11.4. The fourth-order valence-corrected chi connectivity index (χ4v) is 2.91. The summed E-state index contributed by atoms with van der Waals surface area (Å²) in [6, 6.07) is 0. The average molecular weight is 258 g/mol. The third-order valence-electron chi connectivity index (χ3n) is 3.05. The van der Waals surface area contributed by atoms with Crippen LogP contribution < -0.4 is 0 Å². The van der Waals surface area contributed by atoms with Crippen molar-refractivity contribution in [3.8, 4) is 0 Å². The molecule has 1 aromatic heterocycles. The lowest BCUT2D eigenvalue weighted by molar-refractivity contribution is 0.312.